The first-order valence-corrected chi connectivity index (χ1v) is 9.01. The van der Waals surface area contributed by atoms with Crippen LogP contribution in [0.2, 0.25) is 0 Å². The average molecular weight is 366 g/mol. The minimum Gasteiger partial charge on any atom is -0.497 e. The summed E-state index contributed by atoms with van der Waals surface area (Å²) in [7, 11) is 1.54. The van der Waals surface area contributed by atoms with Gasteiger partial charge in [-0.05, 0) is 36.4 Å². The molecule has 0 saturated heterocycles. The molecule has 1 heterocycles. The molecule has 0 radical (unpaired) electrons. The number of rotatable bonds is 7. The molecule has 0 aliphatic carbocycles. The molecule has 0 fully saturated rings. The van der Waals surface area contributed by atoms with Crippen molar-refractivity contribution in [3.05, 3.63) is 46.6 Å². The van der Waals surface area contributed by atoms with Crippen LogP contribution in [0.25, 0.3) is 0 Å². The van der Waals surface area contributed by atoms with E-state index in [0.717, 1.165) is 18.6 Å². The van der Waals surface area contributed by atoms with Crippen molar-refractivity contribution in [2.75, 3.05) is 18.6 Å². The number of aromatic nitrogens is 1. The second-order valence-electron chi connectivity index (χ2n) is 5.41. The molecule has 0 amide bonds. The molecule has 7 heteroatoms. The largest absolute Gasteiger partial charge is 0.497 e. The summed E-state index contributed by atoms with van der Waals surface area (Å²) in [5.41, 5.74) is 6.35. The summed E-state index contributed by atoms with van der Waals surface area (Å²) in [4.78, 5) is 17.6. The molecule has 0 saturated carbocycles. The first kappa shape index (κ1) is 19.3. The van der Waals surface area contributed by atoms with E-state index in [1.165, 1.54) is 18.9 Å². The van der Waals surface area contributed by atoms with Gasteiger partial charge in [-0.25, -0.2) is 4.98 Å². The SMILES string of the molecule is CCCCSc1c(N)nc(C#N)c(C#N)c1C(=O)c1ccc(OC)cc1. The monoisotopic (exact) mass is 366 g/mol. The summed E-state index contributed by atoms with van der Waals surface area (Å²) in [5.74, 6) is 1.08. The first-order chi connectivity index (χ1) is 12.6. The van der Waals surface area contributed by atoms with Crippen LogP contribution in [-0.4, -0.2) is 23.6 Å². The van der Waals surface area contributed by atoms with E-state index < -0.39 is 0 Å². The quantitative estimate of drug-likeness (QED) is 0.453. The third kappa shape index (κ3) is 3.96. The van der Waals surface area contributed by atoms with Crippen LogP contribution in [-0.2, 0) is 0 Å². The van der Waals surface area contributed by atoms with Crippen molar-refractivity contribution in [3.63, 3.8) is 0 Å². The van der Waals surface area contributed by atoms with Crippen LogP contribution in [0.3, 0.4) is 0 Å². The molecule has 1 aromatic heterocycles. The smallest absolute Gasteiger partial charge is 0.195 e. The van der Waals surface area contributed by atoms with Crippen LogP contribution in [0.4, 0.5) is 5.82 Å². The number of ketones is 1. The number of benzene rings is 1. The van der Waals surface area contributed by atoms with Crippen molar-refractivity contribution in [2.45, 2.75) is 24.7 Å². The van der Waals surface area contributed by atoms with Gasteiger partial charge in [-0.1, -0.05) is 13.3 Å². The number of ether oxygens (including phenoxy) is 1. The number of nitriles is 2. The highest BCUT2D eigenvalue weighted by Gasteiger charge is 2.25. The number of hydrogen-bond donors (Lipinski definition) is 1. The summed E-state index contributed by atoms with van der Waals surface area (Å²) >= 11 is 1.38. The molecular weight excluding hydrogens is 348 g/mol. The topological polar surface area (TPSA) is 113 Å². The molecule has 0 bridgehead atoms. The van der Waals surface area contributed by atoms with E-state index in [1.807, 2.05) is 12.1 Å². The van der Waals surface area contributed by atoms with E-state index in [0.29, 0.717) is 16.2 Å². The fraction of sp³-hybridized carbons (Fsp3) is 0.263. The Bertz CT molecular complexity index is 896. The highest BCUT2D eigenvalue weighted by Crippen LogP contribution is 2.34. The summed E-state index contributed by atoms with van der Waals surface area (Å²) in [6.07, 6.45) is 1.92. The maximum atomic E-state index is 13.1. The number of methoxy groups -OCH3 is 1. The maximum absolute atomic E-state index is 13.1. The number of carbonyl (C=O) groups is 1. The second kappa shape index (κ2) is 8.89. The summed E-state index contributed by atoms with van der Waals surface area (Å²) in [6, 6.07) is 10.4. The zero-order chi connectivity index (χ0) is 19.1. The molecule has 0 aliphatic heterocycles. The van der Waals surface area contributed by atoms with E-state index in [1.54, 1.807) is 24.3 Å². The molecule has 1 aromatic carbocycles. The van der Waals surface area contributed by atoms with Crippen LogP contribution in [0, 0.1) is 22.7 Å². The number of nitrogens with zero attached hydrogens (tertiary/aromatic N) is 3. The molecule has 0 atom stereocenters. The zero-order valence-corrected chi connectivity index (χ0v) is 15.4. The number of unbranched alkanes of at least 4 members (excludes halogenated alkanes) is 1. The number of carbonyl (C=O) groups excluding carboxylic acids is 1. The molecule has 2 N–H and O–H groups in total. The fourth-order valence-electron chi connectivity index (χ4n) is 2.34. The van der Waals surface area contributed by atoms with Crippen molar-refractivity contribution in [1.82, 2.24) is 4.98 Å². The number of nitrogen functional groups attached to an aromatic ring is 1. The number of thioether (sulfide) groups is 1. The van der Waals surface area contributed by atoms with Gasteiger partial charge in [-0.2, -0.15) is 10.5 Å². The lowest BCUT2D eigenvalue weighted by Crippen LogP contribution is -2.12. The van der Waals surface area contributed by atoms with E-state index in [9.17, 15) is 15.3 Å². The van der Waals surface area contributed by atoms with Crippen molar-refractivity contribution >= 4 is 23.4 Å². The minimum absolute atomic E-state index is 0.0403. The van der Waals surface area contributed by atoms with Gasteiger partial charge in [0, 0.05) is 5.56 Å². The molecule has 6 nitrogen and oxygen atoms in total. The van der Waals surface area contributed by atoms with Crippen molar-refractivity contribution in [1.29, 1.82) is 10.5 Å². The predicted octanol–water partition coefficient (Wildman–Crippen LogP) is 3.54. The third-order valence-corrected chi connectivity index (χ3v) is 4.91. The van der Waals surface area contributed by atoms with Crippen LogP contribution in [0.1, 0.15) is 46.9 Å². The van der Waals surface area contributed by atoms with Crippen molar-refractivity contribution in [3.8, 4) is 17.9 Å². The van der Waals surface area contributed by atoms with Gasteiger partial charge in [0.25, 0.3) is 0 Å². The molecule has 0 aliphatic rings. The van der Waals surface area contributed by atoms with E-state index >= 15 is 0 Å². The van der Waals surface area contributed by atoms with Crippen LogP contribution < -0.4 is 10.5 Å². The van der Waals surface area contributed by atoms with Gasteiger partial charge in [-0.3, -0.25) is 4.79 Å². The standard InChI is InChI=1S/C19H18N4O2S/c1-3-4-9-26-18-16(14(10-20)15(11-21)23-19(18)22)17(24)12-5-7-13(25-2)8-6-12/h5-8H,3-4,9H2,1-2H3,(H2,22,23). The molecule has 2 rings (SSSR count). The zero-order valence-electron chi connectivity index (χ0n) is 14.6. The number of anilines is 1. The molecule has 26 heavy (non-hydrogen) atoms. The predicted molar refractivity (Wildman–Crippen MR) is 100 cm³/mol. The van der Waals surface area contributed by atoms with Crippen LogP contribution in [0.15, 0.2) is 29.2 Å². The number of nitrogens with two attached hydrogens (primary N) is 1. The van der Waals surface area contributed by atoms with E-state index in [-0.39, 0.29) is 28.4 Å². The summed E-state index contributed by atoms with van der Waals surface area (Å²) < 4.78 is 5.10. The molecule has 0 unspecified atom stereocenters. The number of pyridine rings is 1. The summed E-state index contributed by atoms with van der Waals surface area (Å²) in [6.45, 7) is 2.06. The lowest BCUT2D eigenvalue weighted by molar-refractivity contribution is 0.103. The molecule has 132 valence electrons. The second-order valence-corrected chi connectivity index (χ2v) is 6.51. The Morgan fingerprint density at radius 3 is 2.50 bits per heavy atom. The molecule has 2 aromatic rings. The Labute approximate surface area is 156 Å². The Balaban J connectivity index is 2.61. The van der Waals surface area contributed by atoms with E-state index in [4.69, 9.17) is 10.5 Å². The Hall–Kier alpha value is -3.03. The minimum atomic E-state index is -0.367. The molecular formula is C19H18N4O2S. The first-order valence-electron chi connectivity index (χ1n) is 8.02. The van der Waals surface area contributed by atoms with Gasteiger partial charge >= 0.3 is 0 Å². The normalized spacial score (nSPS) is 10.0. The van der Waals surface area contributed by atoms with Crippen molar-refractivity contribution < 1.29 is 9.53 Å². The Kier molecular flexibility index (Phi) is 6.60. The van der Waals surface area contributed by atoms with Gasteiger partial charge in [0.15, 0.2) is 11.5 Å². The highest BCUT2D eigenvalue weighted by molar-refractivity contribution is 7.99. The van der Waals surface area contributed by atoms with Crippen LogP contribution >= 0.6 is 11.8 Å². The Morgan fingerprint density at radius 1 is 1.27 bits per heavy atom. The lowest BCUT2D eigenvalue weighted by atomic mass is 9.98. The van der Waals surface area contributed by atoms with Gasteiger partial charge in [0.1, 0.15) is 29.3 Å². The van der Waals surface area contributed by atoms with E-state index in [2.05, 4.69) is 11.9 Å². The summed E-state index contributed by atoms with van der Waals surface area (Å²) in [5, 5.41) is 18.8. The van der Waals surface area contributed by atoms with Gasteiger partial charge < -0.3 is 10.5 Å². The third-order valence-electron chi connectivity index (χ3n) is 3.72. The van der Waals surface area contributed by atoms with Gasteiger partial charge in [0.2, 0.25) is 0 Å². The highest BCUT2D eigenvalue weighted by atomic mass is 32.2. The van der Waals surface area contributed by atoms with Gasteiger partial charge in [0.05, 0.1) is 17.6 Å². The maximum Gasteiger partial charge on any atom is 0.195 e. The fourth-order valence-corrected chi connectivity index (χ4v) is 3.51. The molecule has 0 spiro atoms. The van der Waals surface area contributed by atoms with Gasteiger partial charge in [-0.15, -0.1) is 11.8 Å². The lowest BCUT2D eigenvalue weighted by Gasteiger charge is -2.13. The van der Waals surface area contributed by atoms with Crippen molar-refractivity contribution in [2.24, 2.45) is 0 Å². The average Bonchev–Trinajstić information content (AvgIpc) is 2.68. The van der Waals surface area contributed by atoms with Crippen LogP contribution in [0.5, 0.6) is 5.75 Å². The Morgan fingerprint density at radius 2 is 1.96 bits per heavy atom. The number of hydrogen-bond acceptors (Lipinski definition) is 7.